The molecule has 9 heteroatoms. The van der Waals surface area contributed by atoms with E-state index in [4.69, 9.17) is 4.74 Å². The highest BCUT2D eigenvalue weighted by atomic mass is 32.2. The van der Waals surface area contributed by atoms with E-state index >= 15 is 0 Å². The van der Waals surface area contributed by atoms with Crippen LogP contribution in [0.1, 0.15) is 23.1 Å². The number of benzene rings is 3. The van der Waals surface area contributed by atoms with E-state index in [1.54, 1.807) is 25.3 Å². The second kappa shape index (κ2) is 10.7. The molecule has 3 aromatic rings. The minimum Gasteiger partial charge on any atom is -0.496 e. The number of hydrogen-bond donors (Lipinski definition) is 3. The number of para-hydroxylation sites is 1. The Bertz CT molecular complexity index is 1330. The lowest BCUT2D eigenvalue weighted by atomic mass is 10.0. The molecule has 0 saturated heterocycles. The Balaban J connectivity index is 1.55. The summed E-state index contributed by atoms with van der Waals surface area (Å²) in [6.07, 6.45) is 0.933. The summed E-state index contributed by atoms with van der Waals surface area (Å²) in [7, 11) is -2.46. The van der Waals surface area contributed by atoms with Crippen LogP contribution < -0.4 is 20.1 Å². The first-order valence-corrected chi connectivity index (χ1v) is 12.7. The van der Waals surface area contributed by atoms with Gasteiger partial charge in [-0.05, 0) is 48.2 Å². The molecule has 0 spiro atoms. The maximum Gasteiger partial charge on any atom is 0.241 e. The van der Waals surface area contributed by atoms with Crippen molar-refractivity contribution < 1.29 is 22.7 Å². The normalized spacial score (nSPS) is 13.9. The maximum atomic E-state index is 13.3. The van der Waals surface area contributed by atoms with Gasteiger partial charge in [0.1, 0.15) is 11.8 Å². The van der Waals surface area contributed by atoms with E-state index in [1.807, 2.05) is 48.5 Å². The summed E-state index contributed by atoms with van der Waals surface area (Å²) >= 11 is 0. The number of amides is 2. The molecule has 0 radical (unpaired) electrons. The van der Waals surface area contributed by atoms with Crippen molar-refractivity contribution >= 4 is 27.5 Å². The fourth-order valence-electron chi connectivity index (χ4n) is 3.97. The van der Waals surface area contributed by atoms with E-state index in [0.29, 0.717) is 24.3 Å². The SMILES string of the molecule is COc1ccccc1CNC(=O)[C@H](Cc1ccccc1)NS(=O)(=O)c1ccc2c(c1)CCC(=O)N2. The molecular weight excluding hydrogens is 466 g/mol. The zero-order valence-corrected chi connectivity index (χ0v) is 20.1. The van der Waals surface area contributed by atoms with Crippen molar-refractivity contribution in [2.75, 3.05) is 12.4 Å². The molecule has 0 unspecified atom stereocenters. The van der Waals surface area contributed by atoms with E-state index in [0.717, 1.165) is 16.7 Å². The molecule has 1 aliphatic heterocycles. The van der Waals surface area contributed by atoms with E-state index in [9.17, 15) is 18.0 Å². The minimum absolute atomic E-state index is 0.0444. The van der Waals surface area contributed by atoms with Crippen molar-refractivity contribution in [3.05, 3.63) is 89.5 Å². The third-order valence-electron chi connectivity index (χ3n) is 5.82. The van der Waals surface area contributed by atoms with Gasteiger partial charge in [0.05, 0.1) is 12.0 Å². The predicted octanol–water partition coefficient (Wildman–Crippen LogP) is 2.79. The third-order valence-corrected chi connectivity index (χ3v) is 7.29. The van der Waals surface area contributed by atoms with E-state index in [2.05, 4.69) is 15.4 Å². The van der Waals surface area contributed by atoms with Crippen LogP contribution in [0.25, 0.3) is 0 Å². The molecule has 182 valence electrons. The van der Waals surface area contributed by atoms with Crippen LogP contribution in [0.5, 0.6) is 5.75 Å². The van der Waals surface area contributed by atoms with Crippen LogP contribution in [0.15, 0.2) is 77.7 Å². The van der Waals surface area contributed by atoms with Crippen LogP contribution in [0.3, 0.4) is 0 Å². The average Bonchev–Trinajstić information content (AvgIpc) is 2.87. The van der Waals surface area contributed by atoms with Crippen LogP contribution in [0, 0.1) is 0 Å². The zero-order chi connectivity index (χ0) is 24.8. The Morgan fingerprint density at radius 2 is 1.77 bits per heavy atom. The highest BCUT2D eigenvalue weighted by molar-refractivity contribution is 7.89. The van der Waals surface area contributed by atoms with Gasteiger partial charge < -0.3 is 15.4 Å². The molecule has 3 aromatic carbocycles. The molecule has 35 heavy (non-hydrogen) atoms. The first kappa shape index (κ1) is 24.4. The Morgan fingerprint density at radius 3 is 2.54 bits per heavy atom. The molecular formula is C26H27N3O5S. The lowest BCUT2D eigenvalue weighted by Crippen LogP contribution is -2.47. The molecule has 8 nitrogen and oxygen atoms in total. The van der Waals surface area contributed by atoms with Crippen molar-refractivity contribution in [3.8, 4) is 5.75 Å². The highest BCUT2D eigenvalue weighted by Crippen LogP contribution is 2.25. The van der Waals surface area contributed by atoms with Gasteiger partial charge >= 0.3 is 0 Å². The molecule has 1 aliphatic rings. The van der Waals surface area contributed by atoms with Gasteiger partial charge in [0, 0.05) is 24.2 Å². The summed E-state index contributed by atoms with van der Waals surface area (Å²) in [4.78, 5) is 24.8. The van der Waals surface area contributed by atoms with Gasteiger partial charge in [-0.3, -0.25) is 9.59 Å². The minimum atomic E-state index is -4.02. The van der Waals surface area contributed by atoms with Crippen molar-refractivity contribution in [3.63, 3.8) is 0 Å². The smallest absolute Gasteiger partial charge is 0.241 e. The first-order chi connectivity index (χ1) is 16.9. The fourth-order valence-corrected chi connectivity index (χ4v) is 5.22. The summed E-state index contributed by atoms with van der Waals surface area (Å²) in [6, 6.07) is 20.0. The number of carbonyl (C=O) groups excluding carboxylic acids is 2. The number of fused-ring (bicyclic) bond motifs is 1. The number of ether oxygens (including phenoxy) is 1. The summed E-state index contributed by atoms with van der Waals surface area (Å²) in [5.41, 5.74) is 2.95. The Hall–Kier alpha value is -3.69. The van der Waals surface area contributed by atoms with Gasteiger partial charge in [-0.25, -0.2) is 8.42 Å². The molecule has 0 aromatic heterocycles. The van der Waals surface area contributed by atoms with Crippen LogP contribution in [-0.4, -0.2) is 33.4 Å². The molecule has 0 fully saturated rings. The Labute approximate surface area is 204 Å². The summed E-state index contributed by atoms with van der Waals surface area (Å²) in [5.74, 6) is 0.0866. The summed E-state index contributed by atoms with van der Waals surface area (Å²) in [5, 5.41) is 5.57. The van der Waals surface area contributed by atoms with Gasteiger partial charge in [-0.15, -0.1) is 0 Å². The largest absolute Gasteiger partial charge is 0.496 e. The molecule has 0 saturated carbocycles. The third kappa shape index (κ3) is 6.06. The van der Waals surface area contributed by atoms with Crippen molar-refractivity contribution in [2.24, 2.45) is 0 Å². The van der Waals surface area contributed by atoms with E-state index in [1.165, 1.54) is 6.07 Å². The second-order valence-corrected chi connectivity index (χ2v) is 9.97. The lowest BCUT2D eigenvalue weighted by molar-refractivity contribution is -0.123. The molecule has 1 atom stereocenters. The maximum absolute atomic E-state index is 13.3. The molecule has 3 N–H and O–H groups in total. The van der Waals surface area contributed by atoms with Crippen LogP contribution in [0.2, 0.25) is 0 Å². The number of nitrogens with one attached hydrogen (secondary N) is 3. The Kier molecular flexibility index (Phi) is 7.48. The topological polar surface area (TPSA) is 114 Å². The van der Waals surface area contributed by atoms with Crippen molar-refractivity contribution in [2.45, 2.75) is 36.7 Å². The fraction of sp³-hybridized carbons (Fsp3) is 0.231. The van der Waals surface area contributed by atoms with Gasteiger partial charge in [0.15, 0.2) is 0 Å². The highest BCUT2D eigenvalue weighted by Gasteiger charge is 2.27. The average molecular weight is 494 g/mol. The van der Waals surface area contributed by atoms with E-state index < -0.39 is 22.0 Å². The van der Waals surface area contributed by atoms with Crippen LogP contribution in [0.4, 0.5) is 5.69 Å². The summed E-state index contributed by atoms with van der Waals surface area (Å²) < 4.78 is 34.4. The Morgan fingerprint density at radius 1 is 1.03 bits per heavy atom. The standard InChI is InChI=1S/C26H27N3O5S/c1-34-24-10-6-5-9-20(24)17-27-26(31)23(15-18-7-3-2-4-8-18)29-35(32,33)21-12-13-22-19(16-21)11-14-25(30)28-22/h2-10,12-13,16,23,29H,11,14-15,17H2,1H3,(H,27,31)(H,28,30)/t23-/m0/s1. The lowest BCUT2D eigenvalue weighted by Gasteiger charge is -2.21. The molecule has 0 bridgehead atoms. The number of methoxy groups -OCH3 is 1. The number of carbonyl (C=O) groups is 2. The monoisotopic (exact) mass is 493 g/mol. The van der Waals surface area contributed by atoms with Crippen molar-refractivity contribution in [1.29, 1.82) is 0 Å². The van der Waals surface area contributed by atoms with Gasteiger partial charge in [-0.1, -0.05) is 48.5 Å². The van der Waals surface area contributed by atoms with E-state index in [-0.39, 0.29) is 23.8 Å². The number of anilines is 1. The van der Waals surface area contributed by atoms with Gasteiger partial charge in [0.25, 0.3) is 0 Å². The molecule has 0 aliphatic carbocycles. The molecule has 1 heterocycles. The summed E-state index contributed by atoms with van der Waals surface area (Å²) in [6.45, 7) is 0.189. The zero-order valence-electron chi connectivity index (χ0n) is 19.3. The second-order valence-electron chi connectivity index (χ2n) is 8.26. The molecule has 2 amide bonds. The number of rotatable bonds is 9. The number of sulfonamides is 1. The van der Waals surface area contributed by atoms with Crippen LogP contribution >= 0.6 is 0 Å². The van der Waals surface area contributed by atoms with Crippen molar-refractivity contribution in [1.82, 2.24) is 10.0 Å². The molecule has 4 rings (SSSR count). The number of hydrogen-bond acceptors (Lipinski definition) is 5. The van der Waals surface area contributed by atoms with Crippen LogP contribution in [-0.2, 0) is 39.0 Å². The number of aryl methyl sites for hydroxylation is 1. The van der Waals surface area contributed by atoms with Gasteiger partial charge in [-0.2, -0.15) is 4.72 Å². The van der Waals surface area contributed by atoms with Gasteiger partial charge in [0.2, 0.25) is 21.8 Å². The predicted molar refractivity (Wildman–Crippen MR) is 132 cm³/mol. The first-order valence-electron chi connectivity index (χ1n) is 11.2. The quantitative estimate of drug-likeness (QED) is 0.424.